The molecular weight excluding hydrogens is 159 g/mol. The van der Waals surface area contributed by atoms with E-state index in [0.29, 0.717) is 12.4 Å². The molecule has 0 atom stereocenters. The van der Waals surface area contributed by atoms with Crippen molar-refractivity contribution in [1.29, 1.82) is 0 Å². The highest BCUT2D eigenvalue weighted by Crippen LogP contribution is 2.25. The number of hydrogen-bond acceptors (Lipinski definition) is 3. The Morgan fingerprint density at radius 2 is 2.33 bits per heavy atom. The molecule has 0 bridgehead atoms. The molecule has 4 heteroatoms. The molecule has 12 heavy (non-hydrogen) atoms. The largest absolute Gasteiger partial charge is 0.492 e. The van der Waals surface area contributed by atoms with E-state index >= 15 is 0 Å². The summed E-state index contributed by atoms with van der Waals surface area (Å²) in [4.78, 5) is 0. The monoisotopic (exact) mass is 170 g/mol. The Morgan fingerprint density at radius 1 is 1.58 bits per heavy atom. The molecule has 66 valence electrons. The van der Waals surface area contributed by atoms with Crippen molar-refractivity contribution in [2.24, 2.45) is 5.84 Å². The first-order valence-electron chi connectivity index (χ1n) is 3.67. The first-order chi connectivity index (χ1) is 5.79. The second kappa shape index (κ2) is 3.92. The number of halogens is 1. The third kappa shape index (κ3) is 1.65. The molecular formula is C8H11FN2O. The maximum absolute atomic E-state index is 13.0. The van der Waals surface area contributed by atoms with E-state index in [-0.39, 0.29) is 5.69 Å². The number of para-hydroxylation sites is 1. The second-order valence-corrected chi connectivity index (χ2v) is 2.19. The van der Waals surface area contributed by atoms with Crippen molar-refractivity contribution in [3.05, 3.63) is 24.0 Å². The van der Waals surface area contributed by atoms with E-state index < -0.39 is 5.82 Å². The fourth-order valence-electron chi connectivity index (χ4n) is 0.920. The van der Waals surface area contributed by atoms with Gasteiger partial charge in [-0.25, -0.2) is 4.39 Å². The maximum atomic E-state index is 13.0. The Hall–Kier alpha value is -1.29. The summed E-state index contributed by atoms with van der Waals surface area (Å²) >= 11 is 0. The second-order valence-electron chi connectivity index (χ2n) is 2.19. The van der Waals surface area contributed by atoms with Gasteiger partial charge in [0.1, 0.15) is 11.4 Å². The normalized spacial score (nSPS) is 9.58. The minimum atomic E-state index is -0.413. The van der Waals surface area contributed by atoms with Crippen LogP contribution in [0.4, 0.5) is 10.1 Å². The van der Waals surface area contributed by atoms with Gasteiger partial charge in [0.15, 0.2) is 5.82 Å². The molecule has 0 saturated carbocycles. The lowest BCUT2D eigenvalue weighted by Gasteiger charge is -2.09. The fraction of sp³-hybridized carbons (Fsp3) is 0.250. The average Bonchev–Trinajstić information content (AvgIpc) is 2.05. The van der Waals surface area contributed by atoms with E-state index in [1.807, 2.05) is 6.92 Å². The number of rotatable bonds is 3. The van der Waals surface area contributed by atoms with Crippen LogP contribution >= 0.6 is 0 Å². The van der Waals surface area contributed by atoms with Crippen LogP contribution in [0.15, 0.2) is 18.2 Å². The van der Waals surface area contributed by atoms with Gasteiger partial charge in [0, 0.05) is 0 Å². The van der Waals surface area contributed by atoms with Gasteiger partial charge in [-0.15, -0.1) is 0 Å². The molecule has 0 unspecified atom stereocenters. The molecule has 1 rings (SSSR count). The van der Waals surface area contributed by atoms with Crippen molar-refractivity contribution in [3.8, 4) is 5.75 Å². The van der Waals surface area contributed by atoms with E-state index in [1.54, 1.807) is 12.1 Å². The van der Waals surface area contributed by atoms with Gasteiger partial charge < -0.3 is 10.2 Å². The van der Waals surface area contributed by atoms with Crippen LogP contribution in [0.5, 0.6) is 5.75 Å². The molecule has 0 saturated heterocycles. The number of benzene rings is 1. The molecule has 1 aromatic rings. The molecule has 0 spiro atoms. The summed E-state index contributed by atoms with van der Waals surface area (Å²) in [5.74, 6) is 5.13. The molecule has 0 heterocycles. The quantitative estimate of drug-likeness (QED) is 0.534. The van der Waals surface area contributed by atoms with Crippen molar-refractivity contribution in [2.75, 3.05) is 12.0 Å². The van der Waals surface area contributed by atoms with Crippen LogP contribution in [-0.4, -0.2) is 6.61 Å². The van der Waals surface area contributed by atoms with Gasteiger partial charge in [-0.3, -0.25) is 5.84 Å². The van der Waals surface area contributed by atoms with E-state index in [0.717, 1.165) is 0 Å². The van der Waals surface area contributed by atoms with Crippen LogP contribution in [0.1, 0.15) is 6.92 Å². The van der Waals surface area contributed by atoms with E-state index in [4.69, 9.17) is 10.6 Å². The fourth-order valence-corrected chi connectivity index (χ4v) is 0.920. The van der Waals surface area contributed by atoms with Crippen molar-refractivity contribution in [1.82, 2.24) is 0 Å². The minimum absolute atomic E-state index is 0.194. The van der Waals surface area contributed by atoms with Crippen LogP contribution in [-0.2, 0) is 0 Å². The van der Waals surface area contributed by atoms with Gasteiger partial charge in [0.2, 0.25) is 0 Å². The highest BCUT2D eigenvalue weighted by atomic mass is 19.1. The molecule has 0 aliphatic heterocycles. The smallest absolute Gasteiger partial charge is 0.151 e. The van der Waals surface area contributed by atoms with Crippen molar-refractivity contribution >= 4 is 5.69 Å². The highest BCUT2D eigenvalue weighted by Gasteiger charge is 2.06. The number of hydrogen-bond donors (Lipinski definition) is 2. The summed E-state index contributed by atoms with van der Waals surface area (Å²) in [7, 11) is 0. The molecule has 0 amide bonds. The standard InChI is InChI=1S/C8H11FN2O/c1-2-12-7-5-3-4-6(9)8(7)11-10/h3-5,11H,2,10H2,1H3. The summed E-state index contributed by atoms with van der Waals surface area (Å²) in [6.07, 6.45) is 0. The summed E-state index contributed by atoms with van der Waals surface area (Å²) in [5.41, 5.74) is 2.44. The number of anilines is 1. The first-order valence-corrected chi connectivity index (χ1v) is 3.67. The Morgan fingerprint density at radius 3 is 2.92 bits per heavy atom. The minimum Gasteiger partial charge on any atom is -0.492 e. The summed E-state index contributed by atoms with van der Waals surface area (Å²) in [6.45, 7) is 2.31. The van der Waals surface area contributed by atoms with E-state index in [9.17, 15) is 4.39 Å². The SMILES string of the molecule is CCOc1cccc(F)c1NN. The molecule has 3 nitrogen and oxygen atoms in total. The van der Waals surface area contributed by atoms with Crippen LogP contribution in [0.3, 0.4) is 0 Å². The zero-order valence-electron chi connectivity index (χ0n) is 6.80. The van der Waals surface area contributed by atoms with Crippen LogP contribution < -0.4 is 16.0 Å². The lowest BCUT2D eigenvalue weighted by molar-refractivity contribution is 0.340. The number of nitrogens with one attached hydrogen (secondary N) is 1. The highest BCUT2D eigenvalue weighted by molar-refractivity contribution is 5.56. The number of nitrogen functional groups attached to an aromatic ring is 1. The van der Waals surface area contributed by atoms with Crippen molar-refractivity contribution < 1.29 is 9.13 Å². The molecule has 0 radical (unpaired) electrons. The molecule has 0 aliphatic carbocycles. The molecule has 3 N–H and O–H groups in total. The van der Waals surface area contributed by atoms with Crippen LogP contribution in [0.2, 0.25) is 0 Å². The lowest BCUT2D eigenvalue weighted by atomic mass is 10.3. The number of hydrazine groups is 1. The summed E-state index contributed by atoms with van der Waals surface area (Å²) < 4.78 is 18.1. The Kier molecular flexibility index (Phi) is 2.88. The third-order valence-corrected chi connectivity index (χ3v) is 1.42. The van der Waals surface area contributed by atoms with E-state index in [1.165, 1.54) is 6.07 Å². The average molecular weight is 170 g/mol. The molecule has 0 aliphatic rings. The molecule has 1 aromatic carbocycles. The zero-order chi connectivity index (χ0) is 8.97. The van der Waals surface area contributed by atoms with Gasteiger partial charge in [-0.2, -0.15) is 0 Å². The zero-order valence-corrected chi connectivity index (χ0v) is 6.80. The molecule has 0 aromatic heterocycles. The number of ether oxygens (including phenoxy) is 1. The van der Waals surface area contributed by atoms with Gasteiger partial charge in [0.25, 0.3) is 0 Å². The van der Waals surface area contributed by atoms with E-state index in [2.05, 4.69) is 5.43 Å². The Bertz CT molecular complexity index is 265. The van der Waals surface area contributed by atoms with Crippen LogP contribution in [0, 0.1) is 5.82 Å². The van der Waals surface area contributed by atoms with Crippen molar-refractivity contribution in [2.45, 2.75) is 6.92 Å². The topological polar surface area (TPSA) is 47.3 Å². The molecule has 0 fully saturated rings. The first kappa shape index (κ1) is 8.80. The van der Waals surface area contributed by atoms with Crippen molar-refractivity contribution in [3.63, 3.8) is 0 Å². The Balaban J connectivity index is 3.00. The van der Waals surface area contributed by atoms with Gasteiger partial charge >= 0.3 is 0 Å². The number of nitrogens with two attached hydrogens (primary N) is 1. The van der Waals surface area contributed by atoms with Gasteiger partial charge in [-0.1, -0.05) is 6.07 Å². The lowest BCUT2D eigenvalue weighted by Crippen LogP contribution is -2.10. The summed E-state index contributed by atoms with van der Waals surface area (Å²) in [6, 6.07) is 4.54. The third-order valence-electron chi connectivity index (χ3n) is 1.42. The van der Waals surface area contributed by atoms with Crippen LogP contribution in [0.25, 0.3) is 0 Å². The predicted molar refractivity (Wildman–Crippen MR) is 45.4 cm³/mol. The predicted octanol–water partition coefficient (Wildman–Crippen LogP) is 1.51. The maximum Gasteiger partial charge on any atom is 0.151 e. The Labute approximate surface area is 70.3 Å². The van der Waals surface area contributed by atoms with Gasteiger partial charge in [0.05, 0.1) is 6.61 Å². The summed E-state index contributed by atoms with van der Waals surface area (Å²) in [5, 5.41) is 0. The van der Waals surface area contributed by atoms with Gasteiger partial charge in [-0.05, 0) is 19.1 Å².